The first-order valence-electron chi connectivity index (χ1n) is 7.78. The van der Waals surface area contributed by atoms with E-state index >= 15 is 0 Å². The maximum absolute atomic E-state index is 12.4. The SMILES string of the molecule is CCNc1ccc(C(=O)NCC2(SC)CCCC2)c(C)c1. The second-order valence-corrected chi connectivity index (χ2v) is 7.11. The molecule has 0 atom stereocenters. The standard InChI is InChI=1S/C17H26N2OS/c1-4-18-14-7-8-15(13(2)11-14)16(20)19-12-17(21-3)9-5-6-10-17/h7-8,11,18H,4-6,9-10,12H2,1-3H3,(H,19,20). The molecule has 21 heavy (non-hydrogen) atoms. The lowest BCUT2D eigenvalue weighted by molar-refractivity contribution is 0.0949. The van der Waals surface area contributed by atoms with Gasteiger partial charge in [-0.05, 0) is 56.7 Å². The number of amides is 1. The molecule has 0 aromatic heterocycles. The van der Waals surface area contributed by atoms with E-state index in [2.05, 4.69) is 23.8 Å². The molecule has 0 heterocycles. The molecule has 0 bridgehead atoms. The molecule has 1 amide bonds. The van der Waals surface area contributed by atoms with Crippen LogP contribution in [0, 0.1) is 6.92 Å². The van der Waals surface area contributed by atoms with Crippen molar-refractivity contribution in [2.45, 2.75) is 44.3 Å². The molecule has 1 fully saturated rings. The monoisotopic (exact) mass is 306 g/mol. The van der Waals surface area contributed by atoms with Crippen LogP contribution in [0.4, 0.5) is 5.69 Å². The third-order valence-electron chi connectivity index (χ3n) is 4.37. The summed E-state index contributed by atoms with van der Waals surface area (Å²) < 4.78 is 0.257. The highest BCUT2D eigenvalue weighted by atomic mass is 32.2. The fourth-order valence-corrected chi connectivity index (χ4v) is 3.95. The van der Waals surface area contributed by atoms with Crippen molar-refractivity contribution in [1.29, 1.82) is 0 Å². The molecule has 4 heteroatoms. The summed E-state index contributed by atoms with van der Waals surface area (Å²) in [6.07, 6.45) is 7.16. The van der Waals surface area contributed by atoms with E-state index in [4.69, 9.17) is 0 Å². The van der Waals surface area contributed by atoms with E-state index in [9.17, 15) is 4.79 Å². The Bertz CT molecular complexity index is 496. The summed E-state index contributed by atoms with van der Waals surface area (Å²) >= 11 is 1.91. The summed E-state index contributed by atoms with van der Waals surface area (Å²) in [7, 11) is 0. The Hall–Kier alpha value is -1.16. The minimum atomic E-state index is 0.0517. The van der Waals surface area contributed by atoms with Gasteiger partial charge in [-0.1, -0.05) is 12.8 Å². The molecule has 0 radical (unpaired) electrons. The van der Waals surface area contributed by atoms with E-state index in [1.807, 2.05) is 36.9 Å². The molecule has 116 valence electrons. The number of carbonyl (C=O) groups is 1. The highest BCUT2D eigenvalue weighted by Gasteiger charge is 2.33. The van der Waals surface area contributed by atoms with E-state index in [0.717, 1.165) is 29.9 Å². The van der Waals surface area contributed by atoms with Crippen molar-refractivity contribution in [3.8, 4) is 0 Å². The topological polar surface area (TPSA) is 41.1 Å². The van der Waals surface area contributed by atoms with Gasteiger partial charge in [0.1, 0.15) is 0 Å². The maximum Gasteiger partial charge on any atom is 0.251 e. The van der Waals surface area contributed by atoms with Crippen LogP contribution < -0.4 is 10.6 Å². The van der Waals surface area contributed by atoms with Crippen LogP contribution in [0.1, 0.15) is 48.5 Å². The van der Waals surface area contributed by atoms with Crippen LogP contribution in [-0.4, -0.2) is 30.0 Å². The molecule has 2 rings (SSSR count). The molecule has 1 aromatic carbocycles. The normalized spacial score (nSPS) is 16.7. The van der Waals surface area contributed by atoms with Crippen molar-refractivity contribution in [3.63, 3.8) is 0 Å². The molecule has 2 N–H and O–H groups in total. The lowest BCUT2D eigenvalue weighted by Crippen LogP contribution is -2.38. The Kier molecular flexibility index (Phi) is 5.57. The zero-order chi connectivity index (χ0) is 15.3. The number of aryl methyl sites for hydroxylation is 1. The van der Waals surface area contributed by atoms with Crippen molar-refractivity contribution in [2.24, 2.45) is 0 Å². The number of nitrogens with one attached hydrogen (secondary N) is 2. The molecule has 0 saturated heterocycles. The van der Waals surface area contributed by atoms with Gasteiger partial charge in [0.25, 0.3) is 5.91 Å². The van der Waals surface area contributed by atoms with Crippen LogP contribution in [0.15, 0.2) is 18.2 Å². The summed E-state index contributed by atoms with van der Waals surface area (Å²) in [5.74, 6) is 0.0517. The minimum absolute atomic E-state index is 0.0517. The van der Waals surface area contributed by atoms with Crippen molar-refractivity contribution in [3.05, 3.63) is 29.3 Å². The summed E-state index contributed by atoms with van der Waals surface area (Å²) in [4.78, 5) is 12.4. The van der Waals surface area contributed by atoms with E-state index in [1.54, 1.807) is 0 Å². The second-order valence-electron chi connectivity index (χ2n) is 5.84. The Balaban J connectivity index is 2.00. The van der Waals surface area contributed by atoms with Gasteiger partial charge in [-0.2, -0.15) is 11.8 Å². The highest BCUT2D eigenvalue weighted by molar-refractivity contribution is 8.00. The molecular weight excluding hydrogens is 280 g/mol. The second kappa shape index (κ2) is 7.21. The van der Waals surface area contributed by atoms with Crippen LogP contribution in [0.3, 0.4) is 0 Å². The van der Waals surface area contributed by atoms with Gasteiger partial charge in [0, 0.05) is 29.1 Å². The van der Waals surface area contributed by atoms with E-state index in [1.165, 1.54) is 25.7 Å². The van der Waals surface area contributed by atoms with E-state index in [0.29, 0.717) is 0 Å². The lowest BCUT2D eigenvalue weighted by atomic mass is 10.1. The molecule has 0 spiro atoms. The van der Waals surface area contributed by atoms with Crippen LogP contribution in [-0.2, 0) is 0 Å². The third-order valence-corrected chi connectivity index (χ3v) is 5.79. The minimum Gasteiger partial charge on any atom is -0.385 e. The summed E-state index contributed by atoms with van der Waals surface area (Å²) in [6.45, 7) is 5.73. The Morgan fingerprint density at radius 3 is 2.62 bits per heavy atom. The average molecular weight is 306 g/mol. The fraction of sp³-hybridized carbons (Fsp3) is 0.588. The molecule has 1 aromatic rings. The van der Waals surface area contributed by atoms with Crippen LogP contribution in [0.2, 0.25) is 0 Å². The van der Waals surface area contributed by atoms with Gasteiger partial charge in [0.2, 0.25) is 0 Å². The molecular formula is C17H26N2OS. The Morgan fingerprint density at radius 2 is 2.05 bits per heavy atom. The summed E-state index contributed by atoms with van der Waals surface area (Å²) in [5.41, 5.74) is 2.88. The lowest BCUT2D eigenvalue weighted by Gasteiger charge is -2.27. The Morgan fingerprint density at radius 1 is 1.33 bits per heavy atom. The van der Waals surface area contributed by atoms with Crippen molar-refractivity contribution in [2.75, 3.05) is 24.7 Å². The van der Waals surface area contributed by atoms with E-state index < -0.39 is 0 Å². The van der Waals surface area contributed by atoms with Crippen molar-refractivity contribution < 1.29 is 4.79 Å². The van der Waals surface area contributed by atoms with Crippen LogP contribution in [0.5, 0.6) is 0 Å². The highest BCUT2D eigenvalue weighted by Crippen LogP contribution is 2.39. The molecule has 1 saturated carbocycles. The predicted octanol–water partition coefficient (Wildman–Crippen LogP) is 3.83. The molecule has 1 aliphatic rings. The number of benzene rings is 1. The van der Waals surface area contributed by atoms with Crippen LogP contribution in [0.25, 0.3) is 0 Å². The average Bonchev–Trinajstić information content (AvgIpc) is 2.95. The van der Waals surface area contributed by atoms with Gasteiger partial charge >= 0.3 is 0 Å². The number of hydrogen-bond donors (Lipinski definition) is 2. The smallest absolute Gasteiger partial charge is 0.251 e. The first kappa shape index (κ1) is 16.2. The number of rotatable bonds is 6. The van der Waals surface area contributed by atoms with Gasteiger partial charge < -0.3 is 10.6 Å². The van der Waals surface area contributed by atoms with Gasteiger partial charge in [-0.15, -0.1) is 0 Å². The van der Waals surface area contributed by atoms with E-state index in [-0.39, 0.29) is 10.7 Å². The number of thioether (sulfide) groups is 1. The Labute approximate surface area is 132 Å². The maximum atomic E-state index is 12.4. The summed E-state index contributed by atoms with van der Waals surface area (Å²) in [6, 6.07) is 5.94. The first-order chi connectivity index (χ1) is 10.1. The molecule has 0 aliphatic heterocycles. The van der Waals surface area contributed by atoms with Gasteiger partial charge in [-0.3, -0.25) is 4.79 Å². The van der Waals surface area contributed by atoms with Gasteiger partial charge in [0.05, 0.1) is 0 Å². The number of anilines is 1. The zero-order valence-electron chi connectivity index (χ0n) is 13.3. The summed E-state index contributed by atoms with van der Waals surface area (Å²) in [5, 5.41) is 6.42. The molecule has 3 nitrogen and oxygen atoms in total. The zero-order valence-corrected chi connectivity index (χ0v) is 14.1. The predicted molar refractivity (Wildman–Crippen MR) is 92.4 cm³/mol. The molecule has 1 aliphatic carbocycles. The van der Waals surface area contributed by atoms with Gasteiger partial charge in [0.15, 0.2) is 0 Å². The number of hydrogen-bond acceptors (Lipinski definition) is 3. The van der Waals surface area contributed by atoms with Crippen LogP contribution >= 0.6 is 11.8 Å². The number of carbonyl (C=O) groups excluding carboxylic acids is 1. The quantitative estimate of drug-likeness (QED) is 0.839. The molecule has 0 unspecified atom stereocenters. The van der Waals surface area contributed by atoms with Gasteiger partial charge in [-0.25, -0.2) is 0 Å². The van der Waals surface area contributed by atoms with Crippen molar-refractivity contribution in [1.82, 2.24) is 5.32 Å². The first-order valence-corrected chi connectivity index (χ1v) is 9.00. The van der Waals surface area contributed by atoms with Crippen molar-refractivity contribution >= 4 is 23.4 Å². The largest absolute Gasteiger partial charge is 0.385 e. The fourth-order valence-electron chi connectivity index (χ4n) is 3.04. The third kappa shape index (κ3) is 3.94.